The van der Waals surface area contributed by atoms with Crippen LogP contribution in [0.3, 0.4) is 0 Å². The van der Waals surface area contributed by atoms with Crippen LogP contribution in [-0.2, 0) is 0 Å². The topological polar surface area (TPSA) is 38.0 Å². The van der Waals surface area contributed by atoms with Crippen molar-refractivity contribution in [3.63, 3.8) is 0 Å². The Kier molecular flexibility index (Phi) is 8.30. The molecule has 0 amide bonds. The van der Waals surface area contributed by atoms with Gasteiger partial charge in [0, 0.05) is 9.61 Å². The first-order valence-corrected chi connectivity index (χ1v) is 8.49. The second-order valence-electron chi connectivity index (χ2n) is 5.05. The van der Waals surface area contributed by atoms with Gasteiger partial charge in [-0.25, -0.2) is 0 Å². The summed E-state index contributed by atoms with van der Waals surface area (Å²) in [5.41, 5.74) is 4.13. The SMILES string of the molecule is CCCCC(CC)CC(NN)c1ccc(I)c(Cl)c1. The van der Waals surface area contributed by atoms with Gasteiger partial charge in [0.25, 0.3) is 0 Å². The van der Waals surface area contributed by atoms with Crippen LogP contribution >= 0.6 is 34.2 Å². The lowest BCUT2D eigenvalue weighted by molar-refractivity contribution is 0.356. The summed E-state index contributed by atoms with van der Waals surface area (Å²) >= 11 is 8.44. The molecular weight excluding hydrogens is 371 g/mol. The van der Waals surface area contributed by atoms with Gasteiger partial charge in [-0.05, 0) is 52.6 Å². The maximum atomic E-state index is 6.19. The highest BCUT2D eigenvalue weighted by atomic mass is 127. The fraction of sp³-hybridized carbons (Fsp3) is 0.600. The van der Waals surface area contributed by atoms with E-state index in [0.717, 1.165) is 20.9 Å². The molecule has 0 fully saturated rings. The van der Waals surface area contributed by atoms with Crippen LogP contribution in [0, 0.1) is 9.49 Å². The van der Waals surface area contributed by atoms with Gasteiger partial charge >= 0.3 is 0 Å². The van der Waals surface area contributed by atoms with Gasteiger partial charge in [0.1, 0.15) is 0 Å². The smallest absolute Gasteiger partial charge is 0.0542 e. The van der Waals surface area contributed by atoms with Crippen molar-refractivity contribution in [3.8, 4) is 0 Å². The molecule has 1 aromatic rings. The minimum absolute atomic E-state index is 0.191. The van der Waals surface area contributed by atoms with Gasteiger partial charge in [0.2, 0.25) is 0 Å². The molecule has 19 heavy (non-hydrogen) atoms. The normalized spacial score (nSPS) is 14.4. The molecule has 0 saturated carbocycles. The third-order valence-electron chi connectivity index (χ3n) is 3.66. The molecule has 108 valence electrons. The van der Waals surface area contributed by atoms with Crippen molar-refractivity contribution in [2.75, 3.05) is 0 Å². The molecular formula is C15H24ClIN2. The zero-order valence-electron chi connectivity index (χ0n) is 11.8. The molecule has 0 aromatic heterocycles. The van der Waals surface area contributed by atoms with Crippen LogP contribution in [0.4, 0.5) is 0 Å². The number of rotatable bonds is 8. The Hall–Kier alpha value is 0.160. The summed E-state index contributed by atoms with van der Waals surface area (Å²) < 4.78 is 1.08. The summed E-state index contributed by atoms with van der Waals surface area (Å²) in [5, 5.41) is 0.806. The van der Waals surface area contributed by atoms with E-state index in [4.69, 9.17) is 17.4 Å². The van der Waals surface area contributed by atoms with E-state index < -0.39 is 0 Å². The van der Waals surface area contributed by atoms with Crippen molar-refractivity contribution < 1.29 is 0 Å². The zero-order chi connectivity index (χ0) is 14.3. The van der Waals surface area contributed by atoms with Crippen LogP contribution in [0.1, 0.15) is 57.6 Å². The highest BCUT2D eigenvalue weighted by Gasteiger charge is 2.16. The molecule has 1 rings (SSSR count). The van der Waals surface area contributed by atoms with Crippen molar-refractivity contribution in [1.29, 1.82) is 0 Å². The molecule has 2 unspecified atom stereocenters. The van der Waals surface area contributed by atoms with Gasteiger partial charge in [-0.1, -0.05) is 57.2 Å². The summed E-state index contributed by atoms with van der Waals surface area (Å²) in [6.45, 7) is 4.50. The van der Waals surface area contributed by atoms with Crippen molar-refractivity contribution in [1.82, 2.24) is 5.43 Å². The first kappa shape index (κ1) is 17.2. The van der Waals surface area contributed by atoms with Gasteiger partial charge < -0.3 is 0 Å². The molecule has 0 aliphatic rings. The summed E-state index contributed by atoms with van der Waals surface area (Å²) in [6, 6.07) is 6.39. The standard InChI is InChI=1S/C15H24ClIN2/c1-3-5-6-11(4-2)9-15(19-18)12-7-8-14(17)13(16)10-12/h7-8,10-11,15,19H,3-6,9,18H2,1-2H3. The summed E-state index contributed by atoms with van der Waals surface area (Å²) in [7, 11) is 0. The van der Waals surface area contributed by atoms with E-state index in [1.807, 2.05) is 6.07 Å². The van der Waals surface area contributed by atoms with Crippen molar-refractivity contribution >= 4 is 34.2 Å². The van der Waals surface area contributed by atoms with Gasteiger partial charge in [0.05, 0.1) is 5.02 Å². The van der Waals surface area contributed by atoms with Crippen molar-refractivity contribution in [3.05, 3.63) is 32.4 Å². The minimum Gasteiger partial charge on any atom is -0.271 e. The summed E-state index contributed by atoms with van der Waals surface area (Å²) in [5.74, 6) is 6.45. The first-order chi connectivity index (χ1) is 9.12. The molecule has 0 aliphatic carbocycles. The van der Waals surface area contributed by atoms with Gasteiger partial charge in [0.15, 0.2) is 0 Å². The third kappa shape index (κ3) is 5.58. The zero-order valence-corrected chi connectivity index (χ0v) is 14.7. The van der Waals surface area contributed by atoms with E-state index in [1.165, 1.54) is 31.2 Å². The number of benzene rings is 1. The molecule has 0 saturated heterocycles. The van der Waals surface area contributed by atoms with Gasteiger partial charge in [-0.3, -0.25) is 11.3 Å². The van der Waals surface area contributed by atoms with E-state index in [-0.39, 0.29) is 6.04 Å². The number of hydrogen-bond donors (Lipinski definition) is 2. The van der Waals surface area contributed by atoms with E-state index in [0.29, 0.717) is 0 Å². The number of nitrogens with one attached hydrogen (secondary N) is 1. The van der Waals surface area contributed by atoms with Crippen LogP contribution < -0.4 is 11.3 Å². The van der Waals surface area contributed by atoms with Crippen LogP contribution in [0.15, 0.2) is 18.2 Å². The van der Waals surface area contributed by atoms with Gasteiger partial charge in [-0.2, -0.15) is 0 Å². The minimum atomic E-state index is 0.191. The number of unbranched alkanes of at least 4 members (excludes halogenated alkanes) is 1. The lowest BCUT2D eigenvalue weighted by Gasteiger charge is -2.23. The lowest BCUT2D eigenvalue weighted by Crippen LogP contribution is -2.29. The highest BCUT2D eigenvalue weighted by molar-refractivity contribution is 14.1. The Morgan fingerprint density at radius 2 is 2.11 bits per heavy atom. The maximum Gasteiger partial charge on any atom is 0.0542 e. The molecule has 3 N–H and O–H groups in total. The molecule has 0 aliphatic heterocycles. The first-order valence-electron chi connectivity index (χ1n) is 7.03. The number of nitrogens with two attached hydrogens (primary N) is 1. The van der Waals surface area contributed by atoms with E-state index >= 15 is 0 Å². The second-order valence-corrected chi connectivity index (χ2v) is 6.61. The third-order valence-corrected chi connectivity index (χ3v) is 5.23. The Morgan fingerprint density at radius 1 is 1.37 bits per heavy atom. The summed E-state index contributed by atoms with van der Waals surface area (Å²) in [6.07, 6.45) is 6.11. The van der Waals surface area contributed by atoms with Crippen molar-refractivity contribution in [2.45, 2.75) is 52.0 Å². The fourth-order valence-corrected chi connectivity index (χ4v) is 2.87. The van der Waals surface area contributed by atoms with Crippen LogP contribution in [0.2, 0.25) is 5.02 Å². The number of hydrazine groups is 1. The predicted molar refractivity (Wildman–Crippen MR) is 92.2 cm³/mol. The average Bonchev–Trinajstić information content (AvgIpc) is 2.42. The molecule has 0 spiro atoms. The van der Waals surface area contributed by atoms with Crippen LogP contribution in [0.25, 0.3) is 0 Å². The monoisotopic (exact) mass is 394 g/mol. The Labute approximate surface area is 135 Å². The number of halogens is 2. The largest absolute Gasteiger partial charge is 0.271 e. The van der Waals surface area contributed by atoms with E-state index in [9.17, 15) is 0 Å². The molecule has 2 nitrogen and oxygen atoms in total. The average molecular weight is 395 g/mol. The highest BCUT2D eigenvalue weighted by Crippen LogP contribution is 2.29. The molecule has 0 radical (unpaired) electrons. The Bertz CT molecular complexity index is 384. The molecule has 4 heteroatoms. The Morgan fingerprint density at radius 3 is 2.63 bits per heavy atom. The van der Waals surface area contributed by atoms with Crippen molar-refractivity contribution in [2.24, 2.45) is 11.8 Å². The maximum absolute atomic E-state index is 6.19. The van der Waals surface area contributed by atoms with E-state index in [1.54, 1.807) is 0 Å². The van der Waals surface area contributed by atoms with Crippen LogP contribution in [0.5, 0.6) is 0 Å². The predicted octanol–water partition coefficient (Wildman–Crippen LogP) is 5.06. The quantitative estimate of drug-likeness (QED) is 0.367. The molecule has 0 bridgehead atoms. The second kappa shape index (κ2) is 9.16. The fourth-order valence-electron chi connectivity index (χ4n) is 2.34. The molecule has 1 aromatic carbocycles. The summed E-state index contributed by atoms with van der Waals surface area (Å²) in [4.78, 5) is 0. The van der Waals surface area contributed by atoms with E-state index in [2.05, 4.69) is 54.0 Å². The van der Waals surface area contributed by atoms with Crippen LogP contribution in [-0.4, -0.2) is 0 Å². The van der Waals surface area contributed by atoms with Gasteiger partial charge in [-0.15, -0.1) is 0 Å². The molecule has 2 atom stereocenters. The Balaban J connectivity index is 2.72. The lowest BCUT2D eigenvalue weighted by atomic mass is 9.89. The molecule has 0 heterocycles. The number of hydrogen-bond acceptors (Lipinski definition) is 2.